The summed E-state index contributed by atoms with van der Waals surface area (Å²) in [6, 6.07) is 5.51. The van der Waals surface area contributed by atoms with Gasteiger partial charge < -0.3 is 19.3 Å². The maximum atomic E-state index is 10.4. The lowest BCUT2D eigenvalue weighted by Gasteiger charge is -2.24. The summed E-state index contributed by atoms with van der Waals surface area (Å²) in [5.41, 5.74) is 0.809. The van der Waals surface area contributed by atoms with Crippen LogP contribution in [0.25, 0.3) is 0 Å². The number of aliphatic hydroxyl groups excluding tert-OH is 1. The summed E-state index contributed by atoms with van der Waals surface area (Å²) in [5, 5.41) is 10.4. The first kappa shape index (κ1) is 15.1. The summed E-state index contributed by atoms with van der Waals surface area (Å²) in [5.74, 6) is 1.40. The van der Waals surface area contributed by atoms with E-state index in [1.165, 1.54) is 6.42 Å². The molecule has 0 aromatic heterocycles. The van der Waals surface area contributed by atoms with Crippen LogP contribution in [-0.2, 0) is 4.74 Å². The molecule has 0 saturated carbocycles. The topological polar surface area (TPSA) is 47.9 Å². The van der Waals surface area contributed by atoms with Crippen molar-refractivity contribution in [3.05, 3.63) is 23.8 Å². The summed E-state index contributed by atoms with van der Waals surface area (Å²) in [6.07, 6.45) is 4.83. The average molecular weight is 280 g/mol. The van der Waals surface area contributed by atoms with E-state index in [-0.39, 0.29) is 0 Å². The molecule has 0 radical (unpaired) electrons. The quantitative estimate of drug-likeness (QED) is 0.870. The van der Waals surface area contributed by atoms with Crippen molar-refractivity contribution in [3.8, 4) is 11.5 Å². The van der Waals surface area contributed by atoms with E-state index in [0.29, 0.717) is 18.3 Å². The molecule has 0 amide bonds. The van der Waals surface area contributed by atoms with Crippen molar-refractivity contribution >= 4 is 0 Å². The largest absolute Gasteiger partial charge is 0.497 e. The Hall–Kier alpha value is -1.26. The lowest BCUT2D eigenvalue weighted by molar-refractivity contribution is 0.00198. The Balaban J connectivity index is 1.95. The second-order valence-corrected chi connectivity index (χ2v) is 5.19. The standard InChI is InChI=1S/C16H24O4/c1-18-13-6-8-14(16(11-13)19-2)15(17)9-7-12-5-3-4-10-20-12/h6,8,11-12,15,17H,3-5,7,9-10H2,1-2H3. The lowest BCUT2D eigenvalue weighted by atomic mass is 9.98. The van der Waals surface area contributed by atoms with Crippen LogP contribution < -0.4 is 9.47 Å². The van der Waals surface area contributed by atoms with Crippen molar-refractivity contribution in [2.45, 2.75) is 44.3 Å². The predicted octanol–water partition coefficient (Wildman–Crippen LogP) is 3.09. The third-order valence-electron chi connectivity index (χ3n) is 3.84. The minimum absolute atomic E-state index is 0.294. The van der Waals surface area contributed by atoms with Crippen LogP contribution in [0.3, 0.4) is 0 Å². The first-order valence-corrected chi connectivity index (χ1v) is 7.26. The number of benzene rings is 1. The van der Waals surface area contributed by atoms with Gasteiger partial charge in [-0.3, -0.25) is 0 Å². The molecule has 2 rings (SSSR count). The maximum absolute atomic E-state index is 10.4. The molecule has 0 bridgehead atoms. The van der Waals surface area contributed by atoms with E-state index < -0.39 is 6.10 Å². The molecule has 1 heterocycles. The van der Waals surface area contributed by atoms with Crippen LogP contribution in [0.1, 0.15) is 43.8 Å². The number of hydrogen-bond donors (Lipinski definition) is 1. The Labute approximate surface area is 120 Å². The van der Waals surface area contributed by atoms with Crippen LogP contribution in [0.15, 0.2) is 18.2 Å². The summed E-state index contributed by atoms with van der Waals surface area (Å²) in [7, 11) is 3.22. The van der Waals surface area contributed by atoms with Gasteiger partial charge in [0, 0.05) is 18.2 Å². The second kappa shape index (κ2) is 7.50. The van der Waals surface area contributed by atoms with E-state index in [9.17, 15) is 5.11 Å². The lowest BCUT2D eigenvalue weighted by Crippen LogP contribution is -2.19. The van der Waals surface area contributed by atoms with Crippen LogP contribution in [0, 0.1) is 0 Å². The first-order chi connectivity index (χ1) is 9.74. The first-order valence-electron chi connectivity index (χ1n) is 7.26. The van der Waals surface area contributed by atoms with Gasteiger partial charge in [0.1, 0.15) is 11.5 Å². The van der Waals surface area contributed by atoms with Crippen LogP contribution in [0.4, 0.5) is 0 Å². The minimum atomic E-state index is -0.526. The second-order valence-electron chi connectivity index (χ2n) is 5.19. The van der Waals surface area contributed by atoms with E-state index in [1.807, 2.05) is 12.1 Å². The van der Waals surface area contributed by atoms with Crippen molar-refractivity contribution in [2.24, 2.45) is 0 Å². The summed E-state index contributed by atoms with van der Waals surface area (Å²) in [4.78, 5) is 0. The average Bonchev–Trinajstić information content (AvgIpc) is 2.52. The van der Waals surface area contributed by atoms with Gasteiger partial charge >= 0.3 is 0 Å². The zero-order chi connectivity index (χ0) is 14.4. The fourth-order valence-corrected chi connectivity index (χ4v) is 2.63. The van der Waals surface area contributed by atoms with Crippen molar-refractivity contribution in [3.63, 3.8) is 0 Å². The van der Waals surface area contributed by atoms with Gasteiger partial charge in [-0.05, 0) is 44.2 Å². The fourth-order valence-electron chi connectivity index (χ4n) is 2.63. The molecule has 0 spiro atoms. The molecule has 4 nitrogen and oxygen atoms in total. The molecule has 1 fully saturated rings. The molecule has 1 saturated heterocycles. The smallest absolute Gasteiger partial charge is 0.128 e. The number of hydrogen-bond acceptors (Lipinski definition) is 4. The van der Waals surface area contributed by atoms with E-state index in [2.05, 4.69) is 0 Å². The van der Waals surface area contributed by atoms with Crippen LogP contribution in [-0.4, -0.2) is 32.0 Å². The van der Waals surface area contributed by atoms with Crippen LogP contribution in [0.2, 0.25) is 0 Å². The molecule has 1 N–H and O–H groups in total. The number of ether oxygens (including phenoxy) is 3. The van der Waals surface area contributed by atoms with Gasteiger partial charge in [-0.1, -0.05) is 0 Å². The monoisotopic (exact) mass is 280 g/mol. The number of methoxy groups -OCH3 is 2. The molecule has 2 atom stereocenters. The zero-order valence-corrected chi connectivity index (χ0v) is 12.3. The van der Waals surface area contributed by atoms with E-state index in [4.69, 9.17) is 14.2 Å². The molecule has 0 aliphatic carbocycles. The highest BCUT2D eigenvalue weighted by atomic mass is 16.5. The Morgan fingerprint density at radius 3 is 2.80 bits per heavy atom. The Bertz CT molecular complexity index is 413. The van der Waals surface area contributed by atoms with E-state index >= 15 is 0 Å². The Kier molecular flexibility index (Phi) is 5.68. The normalized spacial score (nSPS) is 20.4. The summed E-state index contributed by atoms with van der Waals surface area (Å²) < 4.78 is 16.2. The third-order valence-corrected chi connectivity index (χ3v) is 3.84. The van der Waals surface area contributed by atoms with Gasteiger partial charge in [0.2, 0.25) is 0 Å². The number of rotatable bonds is 6. The summed E-state index contributed by atoms with van der Waals surface area (Å²) in [6.45, 7) is 0.854. The molecular formula is C16H24O4. The SMILES string of the molecule is COc1ccc(C(O)CCC2CCCCO2)c(OC)c1. The summed E-state index contributed by atoms with van der Waals surface area (Å²) >= 11 is 0. The number of aliphatic hydroxyl groups is 1. The maximum Gasteiger partial charge on any atom is 0.128 e. The molecule has 1 aromatic rings. The molecule has 1 aliphatic rings. The minimum Gasteiger partial charge on any atom is -0.497 e. The van der Waals surface area contributed by atoms with Gasteiger partial charge in [-0.15, -0.1) is 0 Å². The van der Waals surface area contributed by atoms with Crippen molar-refractivity contribution in [2.75, 3.05) is 20.8 Å². The molecule has 112 valence electrons. The van der Waals surface area contributed by atoms with Crippen molar-refractivity contribution in [1.29, 1.82) is 0 Å². The van der Waals surface area contributed by atoms with E-state index in [1.54, 1.807) is 20.3 Å². The van der Waals surface area contributed by atoms with Gasteiger partial charge in [-0.2, -0.15) is 0 Å². The zero-order valence-electron chi connectivity index (χ0n) is 12.3. The highest BCUT2D eigenvalue weighted by molar-refractivity contribution is 5.41. The fraction of sp³-hybridized carbons (Fsp3) is 0.625. The van der Waals surface area contributed by atoms with Gasteiger partial charge in [0.15, 0.2) is 0 Å². The highest BCUT2D eigenvalue weighted by Crippen LogP contribution is 2.32. The highest BCUT2D eigenvalue weighted by Gasteiger charge is 2.18. The predicted molar refractivity (Wildman–Crippen MR) is 77.3 cm³/mol. The van der Waals surface area contributed by atoms with Crippen molar-refractivity contribution < 1.29 is 19.3 Å². The van der Waals surface area contributed by atoms with E-state index in [0.717, 1.165) is 37.2 Å². The molecule has 1 aliphatic heterocycles. The molecule has 2 unspecified atom stereocenters. The van der Waals surface area contributed by atoms with Crippen molar-refractivity contribution in [1.82, 2.24) is 0 Å². The molecule has 1 aromatic carbocycles. The molecule has 20 heavy (non-hydrogen) atoms. The Morgan fingerprint density at radius 2 is 2.15 bits per heavy atom. The van der Waals surface area contributed by atoms with Gasteiger partial charge in [0.25, 0.3) is 0 Å². The van der Waals surface area contributed by atoms with Crippen LogP contribution in [0.5, 0.6) is 11.5 Å². The molecule has 4 heteroatoms. The Morgan fingerprint density at radius 1 is 1.30 bits per heavy atom. The third kappa shape index (κ3) is 3.87. The van der Waals surface area contributed by atoms with Gasteiger partial charge in [-0.25, -0.2) is 0 Å². The molecular weight excluding hydrogens is 256 g/mol. The van der Waals surface area contributed by atoms with Gasteiger partial charge in [0.05, 0.1) is 26.4 Å². The van der Waals surface area contributed by atoms with Crippen LogP contribution >= 0.6 is 0 Å².